The van der Waals surface area contributed by atoms with Gasteiger partial charge < -0.3 is 5.32 Å². The van der Waals surface area contributed by atoms with Gasteiger partial charge in [0.25, 0.3) is 5.91 Å². The third-order valence-electron chi connectivity index (χ3n) is 5.52. The van der Waals surface area contributed by atoms with Crippen LogP contribution in [0.4, 0.5) is 18.9 Å². The zero-order valence-corrected chi connectivity index (χ0v) is 20.9. The van der Waals surface area contributed by atoms with E-state index in [0.717, 1.165) is 25.1 Å². The van der Waals surface area contributed by atoms with Gasteiger partial charge in [-0.05, 0) is 49.2 Å². The van der Waals surface area contributed by atoms with Crippen LogP contribution in [-0.4, -0.2) is 35.0 Å². The number of sulfonamides is 1. The molecule has 1 saturated carbocycles. The maximum absolute atomic E-state index is 13.9. The molecule has 4 aromatic rings. The summed E-state index contributed by atoms with van der Waals surface area (Å²) in [6.45, 7) is 0. The van der Waals surface area contributed by atoms with Crippen molar-refractivity contribution in [3.63, 3.8) is 0 Å². The maximum Gasteiger partial charge on any atom is 0.433 e. The van der Waals surface area contributed by atoms with Crippen molar-refractivity contribution in [3.05, 3.63) is 76.0 Å². The molecule has 0 radical (unpaired) electrons. The van der Waals surface area contributed by atoms with Gasteiger partial charge in [0.15, 0.2) is 11.3 Å². The fraction of sp³-hybridized carbons (Fsp3) is 0.174. The Labute approximate surface area is 218 Å². The van der Waals surface area contributed by atoms with Crippen molar-refractivity contribution in [2.45, 2.75) is 30.0 Å². The molecule has 1 fully saturated rings. The predicted molar refractivity (Wildman–Crippen MR) is 131 cm³/mol. The Balaban J connectivity index is 1.53. The lowest BCUT2D eigenvalue weighted by atomic mass is 10.1. The largest absolute Gasteiger partial charge is 0.433 e. The van der Waals surface area contributed by atoms with Crippen molar-refractivity contribution in [3.8, 4) is 11.3 Å². The Morgan fingerprint density at radius 1 is 1.05 bits per heavy atom. The van der Waals surface area contributed by atoms with E-state index in [-0.39, 0.29) is 49.1 Å². The molecule has 0 saturated heterocycles. The second kappa shape index (κ2) is 9.28. The summed E-state index contributed by atoms with van der Waals surface area (Å²) in [4.78, 5) is 17.2. The van der Waals surface area contributed by atoms with Crippen LogP contribution in [0, 0.1) is 0 Å². The number of nitrogens with one attached hydrogen (secondary N) is 2. The number of rotatable bonds is 6. The number of alkyl halides is 3. The van der Waals surface area contributed by atoms with Crippen LogP contribution < -0.4 is 10.0 Å². The molecule has 0 bridgehead atoms. The first-order valence-corrected chi connectivity index (χ1v) is 13.0. The molecule has 1 amide bonds. The summed E-state index contributed by atoms with van der Waals surface area (Å²) >= 11 is 11.9. The van der Waals surface area contributed by atoms with Gasteiger partial charge in [0.2, 0.25) is 10.0 Å². The molecule has 2 heterocycles. The van der Waals surface area contributed by atoms with Crippen LogP contribution in [0.15, 0.2) is 59.6 Å². The highest BCUT2D eigenvalue weighted by Gasteiger charge is 2.36. The lowest BCUT2D eigenvalue weighted by Gasteiger charge is -2.12. The summed E-state index contributed by atoms with van der Waals surface area (Å²) in [5.74, 6) is -0.827. The lowest BCUT2D eigenvalue weighted by molar-refractivity contribution is -0.142. The lowest BCUT2D eigenvalue weighted by Crippen LogP contribution is -2.25. The molecule has 0 aliphatic heterocycles. The van der Waals surface area contributed by atoms with Gasteiger partial charge in [-0.2, -0.15) is 18.3 Å². The average molecular weight is 570 g/mol. The molecule has 2 aromatic carbocycles. The van der Waals surface area contributed by atoms with E-state index >= 15 is 0 Å². The Morgan fingerprint density at radius 2 is 1.81 bits per heavy atom. The summed E-state index contributed by atoms with van der Waals surface area (Å²) in [7, 11) is -3.78. The predicted octanol–water partition coefficient (Wildman–Crippen LogP) is 5.41. The molecular weight excluding hydrogens is 554 g/mol. The first-order valence-electron chi connectivity index (χ1n) is 10.8. The van der Waals surface area contributed by atoms with Crippen LogP contribution in [0.5, 0.6) is 0 Å². The highest BCUT2D eigenvalue weighted by molar-refractivity contribution is 7.89. The number of hydrogen-bond acceptors (Lipinski definition) is 5. The molecule has 0 atom stereocenters. The minimum atomic E-state index is -4.82. The van der Waals surface area contributed by atoms with E-state index in [1.54, 1.807) is 0 Å². The molecule has 1 aliphatic rings. The van der Waals surface area contributed by atoms with Crippen LogP contribution in [0.25, 0.3) is 16.9 Å². The molecule has 8 nitrogen and oxygen atoms in total. The number of aromatic nitrogens is 3. The van der Waals surface area contributed by atoms with Gasteiger partial charge in [0, 0.05) is 17.3 Å². The molecule has 37 heavy (non-hydrogen) atoms. The Morgan fingerprint density at radius 3 is 2.49 bits per heavy atom. The third-order valence-corrected chi connectivity index (χ3v) is 7.78. The quantitative estimate of drug-likeness (QED) is 0.323. The van der Waals surface area contributed by atoms with E-state index in [0.29, 0.717) is 4.52 Å². The molecular formula is C23H16Cl2F3N5O3S. The molecule has 2 aromatic heterocycles. The maximum atomic E-state index is 13.9. The van der Waals surface area contributed by atoms with Gasteiger partial charge in [0.1, 0.15) is 5.56 Å². The van der Waals surface area contributed by atoms with Crippen molar-refractivity contribution in [2.24, 2.45) is 0 Å². The number of benzene rings is 2. The zero-order valence-electron chi connectivity index (χ0n) is 18.6. The summed E-state index contributed by atoms with van der Waals surface area (Å²) in [5.41, 5.74) is -1.50. The Hall–Kier alpha value is -3.19. The monoisotopic (exact) mass is 569 g/mol. The van der Waals surface area contributed by atoms with Gasteiger partial charge in [-0.1, -0.05) is 35.3 Å². The fourth-order valence-corrected chi connectivity index (χ4v) is 5.20. The standard InChI is InChI=1S/C23H16Cl2F3N5O3S/c24-17-7-4-12(8-18(17)25)19-10-20(23(26,27)28)33-21(31-19)16(11-29-33)22(34)30-14-2-1-3-15(9-14)37(35,36)32-13-5-6-13/h1-4,7-11,13,32H,5-6H2,(H,30,34). The second-order valence-electron chi connectivity index (χ2n) is 8.32. The minimum Gasteiger partial charge on any atom is -0.322 e. The first-order chi connectivity index (χ1) is 17.4. The smallest absolute Gasteiger partial charge is 0.322 e. The van der Waals surface area contributed by atoms with Gasteiger partial charge in [-0.25, -0.2) is 22.6 Å². The van der Waals surface area contributed by atoms with Gasteiger partial charge >= 0.3 is 6.18 Å². The van der Waals surface area contributed by atoms with Crippen LogP contribution in [0.3, 0.4) is 0 Å². The van der Waals surface area contributed by atoms with Crippen LogP contribution >= 0.6 is 23.2 Å². The highest BCUT2D eigenvalue weighted by atomic mass is 35.5. The SMILES string of the molecule is O=C(Nc1cccc(S(=O)(=O)NC2CC2)c1)c1cnn2c(C(F)(F)F)cc(-c3ccc(Cl)c(Cl)c3)nc12. The number of carbonyl (C=O) groups is 1. The van der Waals surface area contributed by atoms with E-state index in [1.807, 2.05) is 0 Å². The normalized spacial score (nSPS) is 14.2. The van der Waals surface area contributed by atoms with Crippen molar-refractivity contribution in [1.82, 2.24) is 19.3 Å². The van der Waals surface area contributed by atoms with Crippen molar-refractivity contribution in [1.29, 1.82) is 0 Å². The molecule has 5 rings (SSSR count). The summed E-state index contributed by atoms with van der Waals surface area (Å²) in [5, 5.41) is 6.57. The third kappa shape index (κ3) is 5.28. The van der Waals surface area contributed by atoms with E-state index in [2.05, 4.69) is 20.1 Å². The average Bonchev–Trinajstić information content (AvgIpc) is 3.53. The number of carbonyl (C=O) groups excluding carboxylic acids is 1. The Kier molecular flexibility index (Phi) is 6.39. The number of anilines is 1. The van der Waals surface area contributed by atoms with Crippen molar-refractivity contribution >= 4 is 50.5 Å². The number of nitrogens with zero attached hydrogens (tertiary/aromatic N) is 3. The van der Waals surface area contributed by atoms with Gasteiger partial charge in [-0.3, -0.25) is 4.79 Å². The zero-order chi connectivity index (χ0) is 26.5. The number of hydrogen-bond donors (Lipinski definition) is 2. The van der Waals surface area contributed by atoms with Gasteiger partial charge in [-0.15, -0.1) is 0 Å². The molecule has 0 unspecified atom stereocenters. The van der Waals surface area contributed by atoms with Gasteiger partial charge in [0.05, 0.1) is 26.8 Å². The van der Waals surface area contributed by atoms with E-state index in [9.17, 15) is 26.4 Å². The van der Waals surface area contributed by atoms with Crippen molar-refractivity contribution < 1.29 is 26.4 Å². The minimum absolute atomic E-state index is 0.0588. The Bertz CT molecular complexity index is 1650. The van der Waals surface area contributed by atoms with Crippen LogP contribution in [0.2, 0.25) is 10.0 Å². The molecule has 2 N–H and O–H groups in total. The number of fused-ring (bicyclic) bond motifs is 1. The number of amides is 1. The second-order valence-corrected chi connectivity index (χ2v) is 10.9. The molecule has 1 aliphatic carbocycles. The summed E-state index contributed by atoms with van der Waals surface area (Å²) in [6, 6.07) is 10.4. The van der Waals surface area contributed by atoms with E-state index in [1.165, 1.54) is 42.5 Å². The van der Waals surface area contributed by atoms with E-state index in [4.69, 9.17) is 23.2 Å². The van der Waals surface area contributed by atoms with Crippen molar-refractivity contribution in [2.75, 3.05) is 5.32 Å². The number of halogens is 5. The summed E-state index contributed by atoms with van der Waals surface area (Å²) < 4.78 is 69.7. The first kappa shape index (κ1) is 25.5. The topological polar surface area (TPSA) is 105 Å². The van der Waals surface area contributed by atoms with Crippen LogP contribution in [0.1, 0.15) is 28.9 Å². The highest BCUT2D eigenvalue weighted by Crippen LogP contribution is 2.34. The molecule has 14 heteroatoms. The summed E-state index contributed by atoms with van der Waals surface area (Å²) in [6.07, 6.45) is -2.35. The van der Waals surface area contributed by atoms with E-state index < -0.39 is 27.8 Å². The fourth-order valence-electron chi connectivity index (χ4n) is 3.56. The molecule has 0 spiro atoms. The molecule has 192 valence electrons. The van der Waals surface area contributed by atoms with Crippen LogP contribution in [-0.2, 0) is 16.2 Å².